The van der Waals surface area contributed by atoms with Crippen molar-refractivity contribution in [2.24, 2.45) is 10.8 Å². The van der Waals surface area contributed by atoms with Gasteiger partial charge in [-0.15, -0.1) is 0 Å². The van der Waals surface area contributed by atoms with Crippen LogP contribution in [0, 0.1) is 10.8 Å². The molecule has 2 aliphatic rings. The fourth-order valence-corrected chi connectivity index (χ4v) is 19.1. The van der Waals surface area contributed by atoms with Gasteiger partial charge in [0.25, 0.3) is 0 Å². The quantitative estimate of drug-likeness (QED) is 0.602. The molecule has 0 atom stereocenters. The molecule has 0 saturated carbocycles. The van der Waals surface area contributed by atoms with Crippen LogP contribution in [0.2, 0.25) is 11.5 Å². The van der Waals surface area contributed by atoms with Crippen LogP contribution >= 0.6 is 11.8 Å². The van der Waals surface area contributed by atoms with Crippen molar-refractivity contribution in [1.82, 2.24) is 0 Å². The summed E-state index contributed by atoms with van der Waals surface area (Å²) in [5.74, 6) is 7.85. The normalized spacial score (nSPS) is 32.1. The molecule has 0 amide bonds. The van der Waals surface area contributed by atoms with Crippen molar-refractivity contribution in [1.29, 1.82) is 0 Å². The van der Waals surface area contributed by atoms with Crippen LogP contribution in [-0.4, -0.2) is 24.8 Å². The SMILES string of the molecule is CC1(C)CSCC(C)(C)[C]2=[C]1[Ge]2([CH3])[CH3]. The molecule has 2 heteroatoms. The molecule has 0 aromatic rings. The molecule has 0 aromatic heterocycles. The van der Waals surface area contributed by atoms with Gasteiger partial charge < -0.3 is 0 Å². The molecule has 0 fully saturated rings. The van der Waals surface area contributed by atoms with Crippen molar-refractivity contribution in [3.8, 4) is 0 Å². The summed E-state index contributed by atoms with van der Waals surface area (Å²) >= 11 is 0.600. The minimum atomic E-state index is -1.55. The standard InChI is InChI=1S/C12H22GeS/c1-11(2)7-14-8-12(3,4)10-9(11)13(10,5)6/h7-8H2,1-6H3. The third-order valence-electron chi connectivity index (χ3n) is 3.72. The van der Waals surface area contributed by atoms with E-state index in [-0.39, 0.29) is 0 Å². The predicted octanol–water partition coefficient (Wildman–Crippen LogP) is 3.88. The number of rotatable bonds is 0. The van der Waals surface area contributed by atoms with Gasteiger partial charge in [0.2, 0.25) is 0 Å². The Hall–Kier alpha value is 0.633. The van der Waals surface area contributed by atoms with Gasteiger partial charge in [-0.25, -0.2) is 0 Å². The summed E-state index contributed by atoms with van der Waals surface area (Å²) in [7, 11) is 0. The van der Waals surface area contributed by atoms with E-state index in [1.165, 1.54) is 11.5 Å². The van der Waals surface area contributed by atoms with Crippen molar-refractivity contribution in [3.63, 3.8) is 0 Å². The molecule has 0 aromatic carbocycles. The summed E-state index contributed by atoms with van der Waals surface area (Å²) in [5, 5.41) is 0. The second-order valence-corrected chi connectivity index (χ2v) is 16.5. The first-order valence-corrected chi connectivity index (χ1v) is 13.0. The van der Waals surface area contributed by atoms with E-state index in [0.717, 1.165) is 0 Å². The summed E-state index contributed by atoms with van der Waals surface area (Å²) in [6.07, 6.45) is 0. The summed E-state index contributed by atoms with van der Waals surface area (Å²) in [4.78, 5) is 0. The van der Waals surface area contributed by atoms with E-state index in [1.54, 1.807) is 0 Å². The molecule has 2 aliphatic heterocycles. The van der Waals surface area contributed by atoms with E-state index in [0.29, 0.717) is 10.8 Å². The Bertz CT molecular complexity index is 282. The molecule has 2 heterocycles. The molecule has 80 valence electrons. The molecular formula is C12H22GeS. The van der Waals surface area contributed by atoms with Crippen LogP contribution < -0.4 is 0 Å². The van der Waals surface area contributed by atoms with Gasteiger partial charge in [-0.2, -0.15) is 0 Å². The zero-order chi connectivity index (χ0) is 10.8. The molecule has 0 saturated heterocycles. The fraction of sp³-hybridized carbons (Fsp3) is 0.833. The molecule has 0 aliphatic carbocycles. The molecule has 0 N–H and O–H groups in total. The van der Waals surface area contributed by atoms with Crippen LogP contribution in [0.25, 0.3) is 0 Å². The average Bonchev–Trinajstić information content (AvgIpc) is 2.54. The van der Waals surface area contributed by atoms with Gasteiger partial charge in [0.1, 0.15) is 0 Å². The number of thioether (sulfide) groups is 1. The van der Waals surface area contributed by atoms with Crippen molar-refractivity contribution >= 4 is 25.0 Å². The van der Waals surface area contributed by atoms with Gasteiger partial charge in [-0.05, 0) is 0 Å². The van der Waals surface area contributed by atoms with Crippen LogP contribution in [0.5, 0.6) is 0 Å². The first-order valence-electron chi connectivity index (χ1n) is 5.53. The molecule has 0 spiro atoms. The zero-order valence-corrected chi connectivity index (χ0v) is 13.2. The summed E-state index contributed by atoms with van der Waals surface area (Å²) in [6, 6.07) is 0. The van der Waals surface area contributed by atoms with Gasteiger partial charge >= 0.3 is 95.4 Å². The summed E-state index contributed by atoms with van der Waals surface area (Å²) in [6.45, 7) is 9.82. The van der Waals surface area contributed by atoms with Gasteiger partial charge in [0.15, 0.2) is 0 Å². The van der Waals surface area contributed by atoms with Crippen LogP contribution in [0.15, 0.2) is 8.81 Å². The number of allylic oxidation sites excluding steroid dienone is 2. The second kappa shape index (κ2) is 2.85. The van der Waals surface area contributed by atoms with E-state index in [1.807, 2.05) is 8.81 Å². The maximum absolute atomic E-state index is 2.59. The van der Waals surface area contributed by atoms with Crippen LogP contribution in [0.1, 0.15) is 27.7 Å². The zero-order valence-electron chi connectivity index (χ0n) is 10.3. The van der Waals surface area contributed by atoms with Gasteiger partial charge in [0.05, 0.1) is 0 Å². The van der Waals surface area contributed by atoms with E-state index in [2.05, 4.69) is 51.0 Å². The Morgan fingerprint density at radius 2 is 1.29 bits per heavy atom. The molecule has 0 unspecified atom stereocenters. The van der Waals surface area contributed by atoms with E-state index in [9.17, 15) is 0 Å². The van der Waals surface area contributed by atoms with E-state index >= 15 is 0 Å². The number of hydrogen-bond acceptors (Lipinski definition) is 1. The monoisotopic (exact) mass is 272 g/mol. The first-order chi connectivity index (χ1) is 6.20. The Morgan fingerprint density at radius 3 is 1.64 bits per heavy atom. The summed E-state index contributed by atoms with van der Waals surface area (Å²) < 4.78 is 3.88. The van der Waals surface area contributed by atoms with Crippen LogP contribution in [0.3, 0.4) is 0 Å². The van der Waals surface area contributed by atoms with E-state index in [4.69, 9.17) is 0 Å². The van der Waals surface area contributed by atoms with E-state index < -0.39 is 13.3 Å². The predicted molar refractivity (Wildman–Crippen MR) is 69.4 cm³/mol. The van der Waals surface area contributed by atoms with Gasteiger partial charge in [-0.1, -0.05) is 0 Å². The Morgan fingerprint density at radius 1 is 0.929 bits per heavy atom. The Labute approximate surface area is 95.3 Å². The molecule has 0 nitrogen and oxygen atoms in total. The van der Waals surface area contributed by atoms with Crippen molar-refractivity contribution < 1.29 is 0 Å². The Balaban J connectivity index is 2.43. The van der Waals surface area contributed by atoms with Crippen LogP contribution in [0.4, 0.5) is 0 Å². The van der Waals surface area contributed by atoms with Crippen molar-refractivity contribution in [2.75, 3.05) is 11.5 Å². The second-order valence-electron chi connectivity index (χ2n) is 6.64. The molecule has 0 radical (unpaired) electrons. The summed E-state index contributed by atoms with van der Waals surface area (Å²) in [5.41, 5.74) is 1.02. The van der Waals surface area contributed by atoms with Gasteiger partial charge in [-0.3, -0.25) is 0 Å². The van der Waals surface area contributed by atoms with Crippen molar-refractivity contribution in [2.45, 2.75) is 39.2 Å². The Kier molecular flexibility index (Phi) is 2.26. The first kappa shape index (κ1) is 11.1. The molecular weight excluding hydrogens is 249 g/mol. The van der Waals surface area contributed by atoms with Crippen LogP contribution in [-0.2, 0) is 0 Å². The molecule has 2 rings (SSSR count). The number of hydrogen-bond donors (Lipinski definition) is 0. The van der Waals surface area contributed by atoms with Gasteiger partial charge in [0, 0.05) is 0 Å². The fourth-order valence-electron chi connectivity index (χ4n) is 3.54. The molecule has 14 heavy (non-hydrogen) atoms. The average molecular weight is 271 g/mol. The third-order valence-corrected chi connectivity index (χ3v) is 14.2. The maximum atomic E-state index is 2.59. The minimum absolute atomic E-state index is 0.511. The molecule has 0 bridgehead atoms. The van der Waals surface area contributed by atoms with Crippen molar-refractivity contribution in [3.05, 3.63) is 8.81 Å². The topological polar surface area (TPSA) is 0 Å². The third kappa shape index (κ3) is 1.43.